The molecule has 0 radical (unpaired) electrons. The van der Waals surface area contributed by atoms with Crippen LogP contribution in [0.15, 0.2) is 92.7 Å². The third-order valence-electron chi connectivity index (χ3n) is 6.54. The van der Waals surface area contributed by atoms with Gasteiger partial charge in [0.2, 0.25) is 5.89 Å². The first kappa shape index (κ1) is 25.2. The minimum atomic E-state index is 0.138. The van der Waals surface area contributed by atoms with Crippen LogP contribution in [0.4, 0.5) is 5.69 Å². The van der Waals surface area contributed by atoms with Gasteiger partial charge in [0.05, 0.1) is 10.2 Å². The molecule has 4 aromatic carbocycles. The number of hydrogen-bond acceptors (Lipinski definition) is 4. The van der Waals surface area contributed by atoms with Crippen LogP contribution < -0.4 is 0 Å². The predicted octanol–water partition coefficient (Wildman–Crippen LogP) is 9.47. The molecule has 0 saturated carbocycles. The van der Waals surface area contributed by atoms with E-state index in [0.717, 1.165) is 39.9 Å². The molecule has 0 aliphatic carbocycles. The molecule has 4 nitrogen and oxygen atoms in total. The molecule has 1 heterocycles. The van der Waals surface area contributed by atoms with Crippen LogP contribution in [-0.4, -0.2) is 16.3 Å². The topological polar surface area (TPSA) is 58.6 Å². The smallest absolute Gasteiger partial charge is 0.227 e. The van der Waals surface area contributed by atoms with E-state index in [0.29, 0.717) is 33.3 Å². The van der Waals surface area contributed by atoms with E-state index in [-0.39, 0.29) is 5.75 Å². The van der Waals surface area contributed by atoms with Gasteiger partial charge in [0.15, 0.2) is 5.58 Å². The minimum Gasteiger partial charge on any atom is -0.506 e. The minimum absolute atomic E-state index is 0.138. The molecule has 1 N–H and O–H groups in total. The summed E-state index contributed by atoms with van der Waals surface area (Å²) in [4.78, 5) is 9.36. The first-order valence-electron chi connectivity index (χ1n) is 12.2. The highest BCUT2D eigenvalue weighted by Crippen LogP contribution is 2.32. The average Bonchev–Trinajstić information content (AvgIpc) is 3.34. The Morgan fingerprint density at radius 3 is 2.70 bits per heavy atom. The Kier molecular flexibility index (Phi) is 7.45. The first-order valence-corrected chi connectivity index (χ1v) is 13.4. The molecule has 37 heavy (non-hydrogen) atoms. The molecule has 0 aliphatic rings. The number of halogens is 2. The van der Waals surface area contributed by atoms with Gasteiger partial charge in [-0.3, -0.25) is 4.99 Å². The Morgan fingerprint density at radius 2 is 1.89 bits per heavy atom. The van der Waals surface area contributed by atoms with Crippen molar-refractivity contribution in [3.8, 4) is 17.2 Å². The number of fused-ring (bicyclic) bond motifs is 1. The number of hydrogen-bond donors (Lipinski definition) is 1. The number of phenols is 1. The van der Waals surface area contributed by atoms with Crippen LogP contribution >= 0.6 is 27.5 Å². The molecule has 0 saturated heterocycles. The fraction of sp³-hybridized carbons (Fsp3) is 0.161. The fourth-order valence-electron chi connectivity index (χ4n) is 4.21. The van der Waals surface area contributed by atoms with Crippen molar-refractivity contribution in [2.45, 2.75) is 32.6 Å². The number of phenolic OH excluding ortho intramolecular Hbond substituents is 1. The van der Waals surface area contributed by atoms with Gasteiger partial charge in [-0.2, -0.15) is 0 Å². The quantitative estimate of drug-likeness (QED) is 0.197. The monoisotopic (exact) mass is 572 g/mol. The Labute approximate surface area is 229 Å². The molecular weight excluding hydrogens is 548 g/mol. The van der Waals surface area contributed by atoms with E-state index >= 15 is 0 Å². The largest absolute Gasteiger partial charge is 0.506 e. The second-order valence-corrected chi connectivity index (χ2v) is 10.4. The van der Waals surface area contributed by atoms with Crippen molar-refractivity contribution in [2.75, 3.05) is 0 Å². The van der Waals surface area contributed by atoms with Gasteiger partial charge in [-0.25, -0.2) is 4.98 Å². The molecule has 0 spiro atoms. The van der Waals surface area contributed by atoms with E-state index in [9.17, 15) is 5.11 Å². The van der Waals surface area contributed by atoms with Crippen molar-refractivity contribution in [3.05, 3.63) is 111 Å². The second kappa shape index (κ2) is 10.9. The fourth-order valence-corrected chi connectivity index (χ4v) is 4.94. The molecule has 0 fully saturated rings. The van der Waals surface area contributed by atoms with E-state index in [4.69, 9.17) is 21.0 Å². The molecule has 0 bridgehead atoms. The highest BCUT2D eigenvalue weighted by Gasteiger charge is 2.12. The molecule has 0 unspecified atom stereocenters. The van der Waals surface area contributed by atoms with Crippen LogP contribution in [0.1, 0.15) is 48.4 Å². The third kappa shape index (κ3) is 5.63. The molecular formula is C31H26BrClN2O2. The predicted molar refractivity (Wildman–Crippen MR) is 155 cm³/mol. The second-order valence-electron chi connectivity index (χ2n) is 9.15. The maximum atomic E-state index is 10.6. The van der Waals surface area contributed by atoms with Crippen molar-refractivity contribution in [1.82, 2.24) is 4.98 Å². The number of benzene rings is 4. The molecule has 186 valence electrons. The highest BCUT2D eigenvalue weighted by molar-refractivity contribution is 9.10. The Balaban J connectivity index is 1.41. The molecule has 6 heteroatoms. The molecule has 0 amide bonds. The maximum Gasteiger partial charge on any atom is 0.227 e. The zero-order chi connectivity index (χ0) is 25.9. The third-order valence-corrected chi connectivity index (χ3v) is 7.52. The van der Waals surface area contributed by atoms with Crippen molar-refractivity contribution in [1.29, 1.82) is 0 Å². The number of aliphatic imine (C=N–C) groups is 1. The van der Waals surface area contributed by atoms with Gasteiger partial charge >= 0.3 is 0 Å². The van der Waals surface area contributed by atoms with Gasteiger partial charge in [-0.1, -0.05) is 55.8 Å². The summed E-state index contributed by atoms with van der Waals surface area (Å²) in [5.41, 5.74) is 7.09. The lowest BCUT2D eigenvalue weighted by atomic mass is 9.98. The van der Waals surface area contributed by atoms with Crippen LogP contribution in [0, 0.1) is 0 Å². The van der Waals surface area contributed by atoms with E-state index in [1.54, 1.807) is 6.21 Å². The zero-order valence-electron chi connectivity index (χ0n) is 20.6. The number of oxazole rings is 1. The Morgan fingerprint density at radius 1 is 1.05 bits per heavy atom. The number of rotatable bonds is 7. The van der Waals surface area contributed by atoms with E-state index in [1.165, 1.54) is 5.56 Å². The lowest BCUT2D eigenvalue weighted by molar-refractivity contribution is 0.471. The van der Waals surface area contributed by atoms with Crippen molar-refractivity contribution in [2.24, 2.45) is 4.99 Å². The lowest BCUT2D eigenvalue weighted by Crippen LogP contribution is -1.93. The summed E-state index contributed by atoms with van der Waals surface area (Å²) >= 11 is 9.81. The van der Waals surface area contributed by atoms with E-state index in [1.807, 2.05) is 66.7 Å². The van der Waals surface area contributed by atoms with E-state index < -0.39 is 0 Å². The van der Waals surface area contributed by atoms with Gasteiger partial charge in [-0.15, -0.1) is 0 Å². The van der Waals surface area contributed by atoms with Gasteiger partial charge in [0, 0.05) is 22.4 Å². The molecule has 0 aliphatic heterocycles. The Bertz CT molecular complexity index is 1610. The number of aromatic hydroxyl groups is 1. The summed E-state index contributed by atoms with van der Waals surface area (Å²) in [6.07, 6.45) is 3.39. The van der Waals surface area contributed by atoms with Crippen LogP contribution in [0.25, 0.3) is 22.6 Å². The van der Waals surface area contributed by atoms with Crippen molar-refractivity contribution in [3.63, 3.8) is 0 Å². The van der Waals surface area contributed by atoms with Gasteiger partial charge < -0.3 is 9.52 Å². The summed E-state index contributed by atoms with van der Waals surface area (Å²) in [6.45, 7) is 4.40. The molecule has 1 atom stereocenters. The number of nitrogens with zero attached hydrogens (tertiary/aromatic N) is 2. The van der Waals surface area contributed by atoms with Crippen LogP contribution in [-0.2, 0) is 6.42 Å². The molecule has 5 aromatic rings. The highest BCUT2D eigenvalue weighted by atomic mass is 79.9. The lowest BCUT2D eigenvalue weighted by Gasteiger charge is -2.09. The normalized spacial score (nSPS) is 12.4. The van der Waals surface area contributed by atoms with Gasteiger partial charge in [-0.05, 0) is 99.9 Å². The first-order chi connectivity index (χ1) is 17.9. The van der Waals surface area contributed by atoms with Gasteiger partial charge in [0.1, 0.15) is 11.3 Å². The van der Waals surface area contributed by atoms with Gasteiger partial charge in [0.25, 0.3) is 0 Å². The standard InChI is InChI=1S/C31H26BrClN2O2/c1-3-19(2)21-11-12-29-28(17-21)35-31(37-29)23-8-6-9-25(16-23)34-18-24-14-20(15-26(32)30(24)36)13-22-7-4-5-10-27(22)33/h4-12,14-19,36H,3,13H2,1-2H3/t19-/m0/s1. The summed E-state index contributed by atoms with van der Waals surface area (Å²) < 4.78 is 6.64. The summed E-state index contributed by atoms with van der Waals surface area (Å²) in [5, 5.41) is 11.3. The maximum absolute atomic E-state index is 10.6. The average molecular weight is 574 g/mol. The zero-order valence-corrected chi connectivity index (χ0v) is 22.9. The molecule has 5 rings (SSSR count). The summed E-state index contributed by atoms with van der Waals surface area (Å²) in [5.74, 6) is 1.17. The number of aromatic nitrogens is 1. The van der Waals surface area contributed by atoms with Crippen LogP contribution in [0.3, 0.4) is 0 Å². The summed E-state index contributed by atoms with van der Waals surface area (Å²) in [7, 11) is 0. The SMILES string of the molecule is CC[C@H](C)c1ccc2oc(-c3cccc(N=Cc4cc(Cc5ccccc5Cl)cc(Br)c4O)c3)nc2c1. The van der Waals surface area contributed by atoms with Crippen molar-refractivity contribution >= 4 is 50.5 Å². The van der Waals surface area contributed by atoms with E-state index in [2.05, 4.69) is 46.9 Å². The van der Waals surface area contributed by atoms with Crippen molar-refractivity contribution < 1.29 is 9.52 Å². The molecule has 1 aromatic heterocycles. The van der Waals surface area contributed by atoms with Crippen LogP contribution in [0.2, 0.25) is 5.02 Å². The Hall–Kier alpha value is -3.41. The van der Waals surface area contributed by atoms with Crippen LogP contribution in [0.5, 0.6) is 5.75 Å². The summed E-state index contributed by atoms with van der Waals surface area (Å²) in [6, 6.07) is 25.5.